The van der Waals surface area contributed by atoms with Gasteiger partial charge in [0.1, 0.15) is 11.4 Å². The minimum absolute atomic E-state index is 0.102. The van der Waals surface area contributed by atoms with E-state index in [1.807, 2.05) is 37.8 Å². The number of amides is 3. The van der Waals surface area contributed by atoms with Crippen molar-refractivity contribution in [2.75, 3.05) is 25.5 Å². The van der Waals surface area contributed by atoms with E-state index in [-0.39, 0.29) is 12.1 Å². The first-order chi connectivity index (χ1) is 12.8. The predicted molar refractivity (Wildman–Crippen MR) is 103 cm³/mol. The molecule has 0 aromatic heterocycles. The van der Waals surface area contributed by atoms with Crippen molar-refractivity contribution in [2.45, 2.75) is 58.7 Å². The van der Waals surface area contributed by atoms with E-state index in [0.717, 1.165) is 37.1 Å². The third-order valence-electron chi connectivity index (χ3n) is 4.78. The van der Waals surface area contributed by atoms with Crippen LogP contribution in [-0.4, -0.2) is 47.7 Å². The third kappa shape index (κ3) is 4.64. The summed E-state index contributed by atoms with van der Waals surface area (Å²) in [5, 5.41) is 2.97. The molecule has 7 heteroatoms. The number of benzene rings is 1. The second kappa shape index (κ2) is 7.66. The van der Waals surface area contributed by atoms with Gasteiger partial charge in [-0.3, -0.25) is 4.90 Å². The molecule has 1 aromatic rings. The minimum Gasteiger partial charge on any atom is -0.495 e. The molecular weight excluding hydrogens is 346 g/mol. The van der Waals surface area contributed by atoms with Crippen LogP contribution < -0.4 is 10.1 Å². The number of nitrogens with one attached hydrogen (secondary N) is 1. The van der Waals surface area contributed by atoms with Crippen LogP contribution in [-0.2, 0) is 17.8 Å². The lowest BCUT2D eigenvalue weighted by atomic mass is 10.1. The van der Waals surface area contributed by atoms with Crippen molar-refractivity contribution >= 4 is 17.8 Å². The number of carbonyl (C=O) groups excluding carboxylic acids is 2. The highest BCUT2D eigenvalue weighted by Gasteiger charge is 2.29. The van der Waals surface area contributed by atoms with Gasteiger partial charge >= 0.3 is 12.1 Å². The summed E-state index contributed by atoms with van der Waals surface area (Å²) >= 11 is 0. The van der Waals surface area contributed by atoms with Gasteiger partial charge in [-0.15, -0.1) is 0 Å². The lowest BCUT2D eigenvalue weighted by molar-refractivity contribution is 0.0241. The van der Waals surface area contributed by atoms with E-state index in [9.17, 15) is 9.59 Å². The Labute approximate surface area is 160 Å². The number of methoxy groups -OCH3 is 1. The summed E-state index contributed by atoms with van der Waals surface area (Å²) in [6.45, 7) is 8.06. The molecule has 27 heavy (non-hydrogen) atoms. The molecule has 0 unspecified atom stereocenters. The van der Waals surface area contributed by atoms with Gasteiger partial charge in [0.15, 0.2) is 0 Å². The highest BCUT2D eigenvalue weighted by Crippen LogP contribution is 2.34. The third-order valence-corrected chi connectivity index (χ3v) is 4.78. The Balaban J connectivity index is 1.73. The molecule has 0 atom stereocenters. The fourth-order valence-corrected chi connectivity index (χ4v) is 3.44. The number of hydrogen-bond acceptors (Lipinski definition) is 4. The summed E-state index contributed by atoms with van der Waals surface area (Å²) in [4.78, 5) is 28.4. The summed E-state index contributed by atoms with van der Waals surface area (Å²) in [5.74, 6) is 0.602. The molecule has 1 aromatic carbocycles. The number of hydrogen-bond donors (Lipinski definition) is 1. The summed E-state index contributed by atoms with van der Waals surface area (Å²) in [7, 11) is 1.58. The van der Waals surface area contributed by atoms with Crippen LogP contribution in [0.3, 0.4) is 0 Å². The van der Waals surface area contributed by atoms with Crippen LogP contribution in [0.15, 0.2) is 12.1 Å². The summed E-state index contributed by atoms with van der Waals surface area (Å²) < 4.78 is 10.9. The van der Waals surface area contributed by atoms with Crippen molar-refractivity contribution in [3.05, 3.63) is 23.3 Å². The number of piperidine rings is 1. The molecule has 1 N–H and O–H groups in total. The summed E-state index contributed by atoms with van der Waals surface area (Å²) in [6.07, 6.45) is 2.92. The van der Waals surface area contributed by atoms with Gasteiger partial charge in [-0.25, -0.2) is 9.59 Å². The number of urea groups is 1. The largest absolute Gasteiger partial charge is 0.495 e. The van der Waals surface area contributed by atoms with Crippen molar-refractivity contribution in [3.63, 3.8) is 0 Å². The molecule has 3 amide bonds. The molecule has 0 radical (unpaired) electrons. The van der Waals surface area contributed by atoms with Crippen LogP contribution in [0.5, 0.6) is 5.75 Å². The number of rotatable bonds is 2. The van der Waals surface area contributed by atoms with Gasteiger partial charge in [0.05, 0.1) is 12.8 Å². The molecule has 0 aliphatic carbocycles. The first-order valence-electron chi connectivity index (χ1n) is 9.50. The lowest BCUT2D eigenvalue weighted by Gasteiger charge is -2.27. The second-order valence-corrected chi connectivity index (χ2v) is 8.14. The molecule has 2 aliphatic heterocycles. The predicted octanol–water partition coefficient (Wildman–Crippen LogP) is 3.96. The Morgan fingerprint density at radius 3 is 2.22 bits per heavy atom. The van der Waals surface area contributed by atoms with Crippen LogP contribution >= 0.6 is 0 Å². The fourth-order valence-electron chi connectivity index (χ4n) is 3.44. The van der Waals surface area contributed by atoms with Crippen LogP contribution in [0.25, 0.3) is 0 Å². The molecule has 2 aliphatic rings. The molecule has 148 valence electrons. The number of carbonyl (C=O) groups is 2. The van der Waals surface area contributed by atoms with Gasteiger partial charge in [0.25, 0.3) is 0 Å². The van der Waals surface area contributed by atoms with Gasteiger partial charge in [0.2, 0.25) is 0 Å². The van der Waals surface area contributed by atoms with Gasteiger partial charge in [0, 0.05) is 26.2 Å². The van der Waals surface area contributed by atoms with Crippen LogP contribution in [0.2, 0.25) is 0 Å². The Kier molecular flexibility index (Phi) is 5.48. The second-order valence-electron chi connectivity index (χ2n) is 8.14. The van der Waals surface area contributed by atoms with Crippen LogP contribution in [0.4, 0.5) is 15.3 Å². The van der Waals surface area contributed by atoms with E-state index in [4.69, 9.17) is 9.47 Å². The molecule has 0 bridgehead atoms. The van der Waals surface area contributed by atoms with Crippen molar-refractivity contribution in [2.24, 2.45) is 0 Å². The first kappa shape index (κ1) is 19.3. The highest BCUT2D eigenvalue weighted by atomic mass is 16.6. The normalized spacial score (nSPS) is 16.7. The molecular formula is C20H29N3O4. The number of anilines is 1. The average Bonchev–Trinajstić information content (AvgIpc) is 3.03. The minimum atomic E-state index is -0.531. The highest BCUT2D eigenvalue weighted by molar-refractivity contribution is 5.91. The zero-order valence-electron chi connectivity index (χ0n) is 16.6. The van der Waals surface area contributed by atoms with Crippen LogP contribution in [0, 0.1) is 0 Å². The van der Waals surface area contributed by atoms with Crippen molar-refractivity contribution in [1.82, 2.24) is 9.80 Å². The Morgan fingerprint density at radius 2 is 1.63 bits per heavy atom. The standard InChI is InChI=1S/C20H29N3O4/c1-20(2,3)27-19(25)23-12-14-10-16(17(26-4)11-15(14)13-23)21-18(24)22-8-6-5-7-9-22/h10-11H,5-9,12-13H2,1-4H3,(H,21,24). The molecule has 1 fully saturated rings. The lowest BCUT2D eigenvalue weighted by Crippen LogP contribution is -2.38. The fraction of sp³-hybridized carbons (Fsp3) is 0.600. The Hall–Kier alpha value is -2.44. The maximum atomic E-state index is 12.5. The molecule has 2 heterocycles. The molecule has 0 spiro atoms. The topological polar surface area (TPSA) is 71.1 Å². The Bertz CT molecular complexity index is 721. The van der Waals surface area contributed by atoms with Gasteiger partial charge in [-0.2, -0.15) is 0 Å². The molecule has 0 saturated carbocycles. The number of likely N-dealkylation sites (tertiary alicyclic amines) is 1. The SMILES string of the molecule is COc1cc2c(cc1NC(=O)N1CCCCC1)CN(C(=O)OC(C)(C)C)C2. The van der Waals surface area contributed by atoms with Gasteiger partial charge in [-0.1, -0.05) is 0 Å². The zero-order valence-corrected chi connectivity index (χ0v) is 16.6. The molecule has 3 rings (SSSR count). The molecule has 7 nitrogen and oxygen atoms in total. The number of fused-ring (bicyclic) bond motifs is 1. The quantitative estimate of drug-likeness (QED) is 0.849. The smallest absolute Gasteiger partial charge is 0.410 e. The van der Waals surface area contributed by atoms with E-state index in [0.29, 0.717) is 24.5 Å². The van der Waals surface area contributed by atoms with E-state index in [1.165, 1.54) is 6.42 Å². The van der Waals surface area contributed by atoms with Crippen LogP contribution in [0.1, 0.15) is 51.2 Å². The van der Waals surface area contributed by atoms with E-state index in [1.54, 1.807) is 12.0 Å². The van der Waals surface area contributed by atoms with Crippen molar-refractivity contribution in [3.8, 4) is 5.75 Å². The average molecular weight is 375 g/mol. The summed E-state index contributed by atoms with van der Waals surface area (Å²) in [5.41, 5.74) is 2.11. The zero-order chi connectivity index (χ0) is 19.6. The van der Waals surface area contributed by atoms with E-state index >= 15 is 0 Å². The van der Waals surface area contributed by atoms with Crippen molar-refractivity contribution < 1.29 is 19.1 Å². The van der Waals surface area contributed by atoms with Crippen molar-refractivity contribution in [1.29, 1.82) is 0 Å². The number of nitrogens with zero attached hydrogens (tertiary/aromatic N) is 2. The van der Waals surface area contributed by atoms with E-state index in [2.05, 4.69) is 5.32 Å². The summed E-state index contributed by atoms with van der Waals surface area (Å²) in [6, 6.07) is 3.70. The first-order valence-corrected chi connectivity index (χ1v) is 9.50. The maximum Gasteiger partial charge on any atom is 0.410 e. The number of ether oxygens (including phenoxy) is 2. The van der Waals surface area contributed by atoms with Gasteiger partial charge < -0.3 is 19.7 Å². The monoisotopic (exact) mass is 375 g/mol. The van der Waals surface area contributed by atoms with E-state index < -0.39 is 5.60 Å². The Morgan fingerprint density at radius 1 is 1.00 bits per heavy atom. The van der Waals surface area contributed by atoms with Gasteiger partial charge in [-0.05, 0) is 63.3 Å². The molecule has 1 saturated heterocycles. The maximum absolute atomic E-state index is 12.5.